The molecule has 0 bridgehead atoms. The average Bonchev–Trinajstić information content (AvgIpc) is 2.79. The Bertz CT molecular complexity index is 1160. The number of aromatic amines is 1. The van der Waals surface area contributed by atoms with Crippen LogP contribution in [-0.2, 0) is 0 Å². The normalized spacial score (nSPS) is 11.8. The molecule has 4 N–H and O–H groups in total. The highest BCUT2D eigenvalue weighted by Gasteiger charge is 2.18. The number of aliphatic hydroxyl groups excluding tert-OH is 1. The van der Waals surface area contributed by atoms with Crippen LogP contribution >= 0.6 is 0 Å². The van der Waals surface area contributed by atoms with Crippen molar-refractivity contribution in [2.75, 3.05) is 19.0 Å². The zero-order valence-corrected chi connectivity index (χ0v) is 18.6. The molecule has 0 saturated heterocycles. The molecule has 0 aliphatic heterocycles. The van der Waals surface area contributed by atoms with Gasteiger partial charge in [0.2, 0.25) is 0 Å². The van der Waals surface area contributed by atoms with Crippen LogP contribution in [0, 0.1) is 0 Å². The van der Waals surface area contributed by atoms with Crippen molar-refractivity contribution < 1.29 is 14.6 Å². The number of rotatable bonds is 8. The van der Waals surface area contributed by atoms with Crippen molar-refractivity contribution in [2.24, 2.45) is 0 Å². The van der Waals surface area contributed by atoms with Gasteiger partial charge < -0.3 is 25.5 Å². The van der Waals surface area contributed by atoms with Crippen molar-refractivity contribution in [3.05, 3.63) is 70.4 Å². The third-order valence-electron chi connectivity index (χ3n) is 5.03. The number of hydrogen-bond acceptors (Lipinski definition) is 6. The highest BCUT2D eigenvalue weighted by molar-refractivity contribution is 6.00. The van der Waals surface area contributed by atoms with Crippen LogP contribution in [0.5, 0.6) is 5.75 Å². The van der Waals surface area contributed by atoms with Gasteiger partial charge in [-0.2, -0.15) is 0 Å². The number of aromatic nitrogens is 2. The number of pyridine rings is 2. The van der Waals surface area contributed by atoms with E-state index in [1.165, 1.54) is 6.20 Å². The zero-order chi connectivity index (χ0) is 23.3. The first kappa shape index (κ1) is 23.0. The summed E-state index contributed by atoms with van der Waals surface area (Å²) in [4.78, 5) is 32.6. The lowest BCUT2D eigenvalue weighted by atomic mass is 10.0. The predicted octanol–water partition coefficient (Wildman–Crippen LogP) is 3.42. The first-order chi connectivity index (χ1) is 15.3. The molecule has 2 heterocycles. The van der Waals surface area contributed by atoms with E-state index in [2.05, 4.69) is 20.6 Å². The van der Waals surface area contributed by atoms with Gasteiger partial charge in [0, 0.05) is 29.7 Å². The van der Waals surface area contributed by atoms with Gasteiger partial charge in [-0.3, -0.25) is 14.6 Å². The number of amides is 1. The average molecular weight is 437 g/mol. The number of aliphatic hydroxyl groups is 1. The van der Waals surface area contributed by atoms with Crippen LogP contribution in [-0.4, -0.2) is 40.7 Å². The lowest BCUT2D eigenvalue weighted by Gasteiger charge is -2.19. The molecule has 0 aliphatic carbocycles. The fourth-order valence-electron chi connectivity index (χ4n) is 3.35. The van der Waals surface area contributed by atoms with Crippen molar-refractivity contribution in [1.82, 2.24) is 15.3 Å². The molecule has 1 unspecified atom stereocenters. The van der Waals surface area contributed by atoms with E-state index in [0.29, 0.717) is 39.5 Å². The van der Waals surface area contributed by atoms with E-state index in [4.69, 9.17) is 4.74 Å². The Kier molecular flexibility index (Phi) is 7.27. The maximum Gasteiger partial charge on any atom is 0.256 e. The molecule has 0 spiro atoms. The summed E-state index contributed by atoms with van der Waals surface area (Å²) >= 11 is 0. The molecule has 2 aromatic heterocycles. The second-order valence-electron chi connectivity index (χ2n) is 7.80. The van der Waals surface area contributed by atoms with Gasteiger partial charge in [0.1, 0.15) is 5.75 Å². The topological polar surface area (TPSA) is 116 Å². The lowest BCUT2D eigenvalue weighted by Crippen LogP contribution is -2.35. The third kappa shape index (κ3) is 4.97. The molecule has 0 aliphatic rings. The minimum atomic E-state index is -0.396. The number of H-pyrrole nitrogens is 1. The Balaban J connectivity index is 2.09. The number of para-hydroxylation sites is 1. The van der Waals surface area contributed by atoms with E-state index in [1.807, 2.05) is 32.0 Å². The van der Waals surface area contributed by atoms with E-state index in [0.717, 1.165) is 0 Å². The predicted molar refractivity (Wildman–Crippen MR) is 125 cm³/mol. The summed E-state index contributed by atoms with van der Waals surface area (Å²) in [6, 6.07) is 10.4. The van der Waals surface area contributed by atoms with Crippen LogP contribution in [0.1, 0.15) is 42.7 Å². The Labute approximate surface area is 186 Å². The number of anilines is 2. The summed E-state index contributed by atoms with van der Waals surface area (Å²) in [6.07, 6.45) is 3.04. The molecule has 0 saturated carbocycles. The maximum atomic E-state index is 12.9. The second-order valence-corrected chi connectivity index (χ2v) is 7.80. The van der Waals surface area contributed by atoms with Gasteiger partial charge in [-0.1, -0.05) is 32.0 Å². The molecular formula is C24H28N4O4. The summed E-state index contributed by atoms with van der Waals surface area (Å²) in [5.74, 6) is 0.247. The van der Waals surface area contributed by atoms with Crippen LogP contribution in [0.3, 0.4) is 0 Å². The van der Waals surface area contributed by atoms with E-state index >= 15 is 0 Å². The van der Waals surface area contributed by atoms with E-state index < -0.39 is 6.04 Å². The molecule has 3 rings (SSSR count). The molecule has 168 valence electrons. The van der Waals surface area contributed by atoms with Gasteiger partial charge in [0.05, 0.1) is 36.2 Å². The van der Waals surface area contributed by atoms with Crippen molar-refractivity contribution in [3.8, 4) is 16.9 Å². The van der Waals surface area contributed by atoms with Gasteiger partial charge in [0.15, 0.2) is 0 Å². The molecule has 8 nitrogen and oxygen atoms in total. The number of carbonyl (C=O) groups is 1. The summed E-state index contributed by atoms with van der Waals surface area (Å²) in [6.45, 7) is 5.48. The summed E-state index contributed by atoms with van der Waals surface area (Å²) in [5.41, 5.74) is 3.11. The molecular weight excluding hydrogens is 408 g/mol. The van der Waals surface area contributed by atoms with Crippen molar-refractivity contribution in [1.29, 1.82) is 0 Å². The first-order valence-corrected chi connectivity index (χ1v) is 10.4. The Morgan fingerprint density at radius 3 is 2.59 bits per heavy atom. The highest BCUT2D eigenvalue weighted by atomic mass is 16.5. The minimum absolute atomic E-state index is 0.0189. The molecule has 32 heavy (non-hydrogen) atoms. The molecule has 1 amide bonds. The van der Waals surface area contributed by atoms with Crippen LogP contribution in [0.25, 0.3) is 11.1 Å². The summed E-state index contributed by atoms with van der Waals surface area (Å²) in [5, 5.41) is 15.3. The number of methoxy groups -OCH3 is 1. The second kappa shape index (κ2) is 10.1. The molecule has 1 atom stereocenters. The van der Waals surface area contributed by atoms with Crippen LogP contribution < -0.4 is 20.9 Å². The monoisotopic (exact) mass is 436 g/mol. The molecule has 0 fully saturated rings. The Morgan fingerprint density at radius 1 is 1.16 bits per heavy atom. The summed E-state index contributed by atoms with van der Waals surface area (Å²) in [7, 11) is 1.56. The summed E-state index contributed by atoms with van der Waals surface area (Å²) < 4.78 is 5.43. The maximum absolute atomic E-state index is 12.9. The SMILES string of the molecule is COc1ccccc1-c1cc(Nc2ccncc2C(=O)NC(C)CO)c(C(C)C)[nH]c1=O. The van der Waals surface area contributed by atoms with Gasteiger partial charge in [-0.25, -0.2) is 0 Å². The van der Waals surface area contributed by atoms with E-state index in [1.54, 1.807) is 38.4 Å². The Hall–Kier alpha value is -3.65. The van der Waals surface area contributed by atoms with Crippen LogP contribution in [0.2, 0.25) is 0 Å². The van der Waals surface area contributed by atoms with Gasteiger partial charge in [0.25, 0.3) is 11.5 Å². The highest BCUT2D eigenvalue weighted by Crippen LogP contribution is 2.32. The van der Waals surface area contributed by atoms with Gasteiger partial charge in [-0.05, 0) is 31.0 Å². The molecule has 3 aromatic rings. The number of hydrogen-bond donors (Lipinski definition) is 4. The fraction of sp³-hybridized carbons (Fsp3) is 0.292. The number of carbonyl (C=O) groups excluding carboxylic acids is 1. The molecule has 0 radical (unpaired) electrons. The first-order valence-electron chi connectivity index (χ1n) is 10.4. The molecule has 1 aromatic carbocycles. The number of benzene rings is 1. The number of nitrogens with zero attached hydrogens (tertiary/aromatic N) is 1. The quantitative estimate of drug-likeness (QED) is 0.430. The van der Waals surface area contributed by atoms with Crippen molar-refractivity contribution in [2.45, 2.75) is 32.7 Å². The minimum Gasteiger partial charge on any atom is -0.496 e. The van der Waals surface area contributed by atoms with Crippen molar-refractivity contribution in [3.63, 3.8) is 0 Å². The van der Waals surface area contributed by atoms with E-state index in [-0.39, 0.29) is 24.0 Å². The largest absolute Gasteiger partial charge is 0.496 e. The third-order valence-corrected chi connectivity index (χ3v) is 5.03. The van der Waals surface area contributed by atoms with Gasteiger partial charge in [-0.15, -0.1) is 0 Å². The van der Waals surface area contributed by atoms with Gasteiger partial charge >= 0.3 is 0 Å². The van der Waals surface area contributed by atoms with Crippen molar-refractivity contribution >= 4 is 17.3 Å². The zero-order valence-electron chi connectivity index (χ0n) is 18.6. The Morgan fingerprint density at radius 2 is 1.91 bits per heavy atom. The van der Waals surface area contributed by atoms with E-state index in [9.17, 15) is 14.7 Å². The van der Waals surface area contributed by atoms with Crippen LogP contribution in [0.15, 0.2) is 53.6 Å². The van der Waals surface area contributed by atoms with Crippen LogP contribution in [0.4, 0.5) is 11.4 Å². The fourth-order valence-corrected chi connectivity index (χ4v) is 3.35. The number of nitrogens with one attached hydrogen (secondary N) is 3. The lowest BCUT2D eigenvalue weighted by molar-refractivity contribution is 0.0923. The smallest absolute Gasteiger partial charge is 0.256 e. The standard InChI is InChI=1S/C24H28N4O4/c1-14(2)22-20(11-17(23(30)28-22)16-7-5-6-8-21(16)32-4)27-19-9-10-25-12-18(19)24(31)26-15(3)13-29/h5-12,14-15,29H,13H2,1-4H3,(H,25,27)(H,26,31)(H,28,30). The molecule has 8 heteroatoms. The number of ether oxygens (including phenoxy) is 1.